The third kappa shape index (κ3) is 3.86. The minimum absolute atomic E-state index is 0.0472. The van der Waals surface area contributed by atoms with Crippen LogP contribution in [0.2, 0.25) is 0 Å². The molecule has 1 unspecified atom stereocenters. The van der Waals surface area contributed by atoms with Crippen molar-refractivity contribution in [1.29, 1.82) is 0 Å². The maximum absolute atomic E-state index is 12.6. The number of hydrogen-bond acceptors (Lipinski definition) is 3. The molecule has 1 saturated heterocycles. The van der Waals surface area contributed by atoms with E-state index in [2.05, 4.69) is 15.9 Å². The van der Waals surface area contributed by atoms with Gasteiger partial charge in [0.25, 0.3) is 0 Å². The van der Waals surface area contributed by atoms with E-state index in [1.54, 1.807) is 21.1 Å². The van der Waals surface area contributed by atoms with E-state index in [1.165, 1.54) is 0 Å². The number of halogens is 1. The van der Waals surface area contributed by atoms with E-state index in [0.717, 1.165) is 21.5 Å². The second kappa shape index (κ2) is 6.92. The van der Waals surface area contributed by atoms with Crippen molar-refractivity contribution in [2.45, 2.75) is 39.3 Å². The van der Waals surface area contributed by atoms with Gasteiger partial charge in [0.05, 0.1) is 10.3 Å². The van der Waals surface area contributed by atoms with E-state index in [4.69, 9.17) is 0 Å². The van der Waals surface area contributed by atoms with Gasteiger partial charge >= 0.3 is 0 Å². The summed E-state index contributed by atoms with van der Waals surface area (Å²) in [6.07, 6.45) is 1.68. The first-order valence-electron chi connectivity index (χ1n) is 7.20. The molecule has 4 nitrogen and oxygen atoms in total. The topological polar surface area (TPSA) is 40.6 Å². The number of carbonyl (C=O) groups is 2. The lowest BCUT2D eigenvalue weighted by molar-refractivity contribution is -0.145. The summed E-state index contributed by atoms with van der Waals surface area (Å²) in [6, 6.07) is 3.72. The standard InChI is InChI=1S/C15H21BrN2O2S/c1-10(2)14(19)18-8-4-5-12(18)15(20)17(3)9-11-6-7-13(16)21-11/h6-7,10,12H,4-5,8-9H2,1-3H3. The first kappa shape index (κ1) is 16.5. The third-order valence-corrected chi connectivity index (χ3v) is 5.32. The van der Waals surface area contributed by atoms with Gasteiger partial charge in [-0.2, -0.15) is 0 Å². The SMILES string of the molecule is CC(C)C(=O)N1CCCC1C(=O)N(C)Cc1ccc(Br)s1. The van der Waals surface area contributed by atoms with Gasteiger partial charge in [0, 0.05) is 24.4 Å². The van der Waals surface area contributed by atoms with Gasteiger partial charge in [0.2, 0.25) is 11.8 Å². The Labute approximate surface area is 138 Å². The number of likely N-dealkylation sites (N-methyl/N-ethyl adjacent to an activating group) is 1. The lowest BCUT2D eigenvalue weighted by Crippen LogP contribution is -2.47. The van der Waals surface area contributed by atoms with Crippen LogP contribution in [0.1, 0.15) is 31.6 Å². The molecule has 2 amide bonds. The van der Waals surface area contributed by atoms with E-state index in [1.807, 2.05) is 33.0 Å². The zero-order valence-corrected chi connectivity index (χ0v) is 15.0. The van der Waals surface area contributed by atoms with E-state index < -0.39 is 0 Å². The molecule has 1 aliphatic rings. The highest BCUT2D eigenvalue weighted by molar-refractivity contribution is 9.11. The molecule has 1 atom stereocenters. The Hall–Kier alpha value is -0.880. The summed E-state index contributed by atoms with van der Waals surface area (Å²) >= 11 is 5.06. The lowest BCUT2D eigenvalue weighted by atomic mass is 10.1. The first-order valence-corrected chi connectivity index (χ1v) is 8.80. The Bertz CT molecular complexity index is 529. The van der Waals surface area contributed by atoms with Crippen molar-refractivity contribution in [3.05, 3.63) is 20.8 Å². The Balaban J connectivity index is 2.02. The largest absolute Gasteiger partial charge is 0.339 e. The van der Waals surface area contributed by atoms with E-state index in [0.29, 0.717) is 13.1 Å². The Kier molecular flexibility index (Phi) is 5.43. The molecule has 21 heavy (non-hydrogen) atoms. The summed E-state index contributed by atoms with van der Waals surface area (Å²) in [5, 5.41) is 0. The lowest BCUT2D eigenvalue weighted by Gasteiger charge is -2.29. The van der Waals surface area contributed by atoms with Gasteiger partial charge in [-0.15, -0.1) is 11.3 Å². The smallest absolute Gasteiger partial charge is 0.245 e. The van der Waals surface area contributed by atoms with Crippen LogP contribution >= 0.6 is 27.3 Å². The van der Waals surface area contributed by atoms with Crippen LogP contribution in [-0.4, -0.2) is 41.2 Å². The minimum Gasteiger partial charge on any atom is -0.339 e. The molecule has 1 fully saturated rings. The molecule has 0 saturated carbocycles. The van der Waals surface area contributed by atoms with Gasteiger partial charge < -0.3 is 9.80 Å². The zero-order valence-electron chi connectivity index (χ0n) is 12.6. The Morgan fingerprint density at radius 2 is 2.19 bits per heavy atom. The molecule has 0 bridgehead atoms. The van der Waals surface area contributed by atoms with Crippen LogP contribution in [-0.2, 0) is 16.1 Å². The maximum Gasteiger partial charge on any atom is 0.245 e. The monoisotopic (exact) mass is 372 g/mol. The number of likely N-dealkylation sites (tertiary alicyclic amines) is 1. The van der Waals surface area contributed by atoms with Gasteiger partial charge in [-0.25, -0.2) is 0 Å². The Morgan fingerprint density at radius 3 is 2.76 bits per heavy atom. The second-order valence-corrected chi connectivity index (χ2v) is 8.29. The van der Waals surface area contributed by atoms with Crippen LogP contribution in [0.5, 0.6) is 0 Å². The number of nitrogens with zero attached hydrogens (tertiary/aromatic N) is 2. The molecule has 2 rings (SSSR count). The number of carbonyl (C=O) groups excluding carboxylic acids is 2. The summed E-state index contributed by atoms with van der Waals surface area (Å²) in [7, 11) is 1.81. The molecule has 1 aliphatic heterocycles. The molecule has 1 aromatic rings. The third-order valence-electron chi connectivity index (χ3n) is 3.71. The predicted octanol–water partition coefficient (Wildman–Crippen LogP) is 3.12. The van der Waals surface area contributed by atoms with Gasteiger partial charge in [-0.1, -0.05) is 13.8 Å². The molecule has 116 valence electrons. The second-order valence-electron chi connectivity index (χ2n) is 5.74. The molecule has 0 aromatic carbocycles. The summed E-state index contributed by atoms with van der Waals surface area (Å²) in [4.78, 5) is 29.4. The van der Waals surface area contributed by atoms with E-state index in [9.17, 15) is 9.59 Å². The summed E-state index contributed by atoms with van der Waals surface area (Å²) in [6.45, 7) is 5.06. The maximum atomic E-state index is 12.6. The molecule has 0 N–H and O–H groups in total. The van der Waals surface area contributed by atoms with Gasteiger partial charge in [0.15, 0.2) is 0 Å². The van der Waals surface area contributed by atoms with E-state index >= 15 is 0 Å². The quantitative estimate of drug-likeness (QED) is 0.814. The van der Waals surface area contributed by atoms with Crippen molar-refractivity contribution in [3.63, 3.8) is 0 Å². The number of amides is 2. The van der Waals surface area contributed by atoms with E-state index in [-0.39, 0.29) is 23.8 Å². The average molecular weight is 373 g/mol. The fraction of sp³-hybridized carbons (Fsp3) is 0.600. The first-order chi connectivity index (χ1) is 9.90. The normalized spacial score (nSPS) is 18.3. The molecule has 2 heterocycles. The van der Waals surface area contributed by atoms with Crippen molar-refractivity contribution in [3.8, 4) is 0 Å². The van der Waals surface area contributed by atoms with Gasteiger partial charge in [-0.3, -0.25) is 9.59 Å². The van der Waals surface area contributed by atoms with Crippen LogP contribution in [0.25, 0.3) is 0 Å². The zero-order chi connectivity index (χ0) is 15.6. The summed E-state index contributed by atoms with van der Waals surface area (Å²) < 4.78 is 1.07. The molecule has 0 radical (unpaired) electrons. The highest BCUT2D eigenvalue weighted by Gasteiger charge is 2.36. The average Bonchev–Trinajstić information content (AvgIpc) is 3.05. The van der Waals surface area contributed by atoms with Gasteiger partial charge in [-0.05, 0) is 40.9 Å². The van der Waals surface area contributed by atoms with Crippen molar-refractivity contribution >= 4 is 39.1 Å². The predicted molar refractivity (Wildman–Crippen MR) is 88.1 cm³/mol. The number of thiophene rings is 1. The fourth-order valence-corrected chi connectivity index (χ4v) is 4.16. The number of rotatable bonds is 4. The fourth-order valence-electron chi connectivity index (χ4n) is 2.62. The van der Waals surface area contributed by atoms with Crippen LogP contribution in [0.3, 0.4) is 0 Å². The molecular weight excluding hydrogens is 352 g/mol. The van der Waals surface area contributed by atoms with Crippen molar-refractivity contribution in [1.82, 2.24) is 9.80 Å². The van der Waals surface area contributed by atoms with Crippen LogP contribution in [0.15, 0.2) is 15.9 Å². The molecule has 0 spiro atoms. The van der Waals surface area contributed by atoms with Crippen LogP contribution < -0.4 is 0 Å². The minimum atomic E-state index is -0.284. The van der Waals surface area contributed by atoms with Crippen LogP contribution in [0.4, 0.5) is 0 Å². The summed E-state index contributed by atoms with van der Waals surface area (Å²) in [5.74, 6) is 0.0705. The molecule has 0 aliphatic carbocycles. The summed E-state index contributed by atoms with van der Waals surface area (Å²) in [5.41, 5.74) is 0. The van der Waals surface area contributed by atoms with Crippen LogP contribution in [0, 0.1) is 5.92 Å². The molecule has 1 aromatic heterocycles. The highest BCUT2D eigenvalue weighted by atomic mass is 79.9. The van der Waals surface area contributed by atoms with Crippen molar-refractivity contribution < 1.29 is 9.59 Å². The highest BCUT2D eigenvalue weighted by Crippen LogP contribution is 2.25. The molecule has 6 heteroatoms. The Morgan fingerprint density at radius 1 is 1.48 bits per heavy atom. The number of hydrogen-bond donors (Lipinski definition) is 0. The van der Waals surface area contributed by atoms with Gasteiger partial charge in [0.1, 0.15) is 6.04 Å². The van der Waals surface area contributed by atoms with Crippen molar-refractivity contribution in [2.24, 2.45) is 5.92 Å². The van der Waals surface area contributed by atoms with Crippen molar-refractivity contribution in [2.75, 3.05) is 13.6 Å². The molecular formula is C15H21BrN2O2S.